The van der Waals surface area contributed by atoms with Gasteiger partial charge in [0, 0.05) is 0 Å². The molecule has 0 fully saturated rings. The van der Waals surface area contributed by atoms with Crippen molar-refractivity contribution in [1.82, 2.24) is 5.32 Å². The van der Waals surface area contributed by atoms with Crippen molar-refractivity contribution >= 4 is 6.21 Å². The number of aliphatic hydroxyl groups excluding tert-OH is 1. The summed E-state index contributed by atoms with van der Waals surface area (Å²) in [6.45, 7) is 3.44. The summed E-state index contributed by atoms with van der Waals surface area (Å²) in [6.07, 6.45) is 0.773. The Bertz CT molecular complexity index is 119. The molecule has 0 aromatic rings. The van der Waals surface area contributed by atoms with E-state index in [0.717, 1.165) is 0 Å². The van der Waals surface area contributed by atoms with Crippen LogP contribution in [-0.2, 0) is 0 Å². The van der Waals surface area contributed by atoms with E-state index in [1.54, 1.807) is 0 Å². The molecule has 1 rings (SSSR count). The fraction of sp³-hybridized carbons (Fsp3) is 0.250. The highest BCUT2D eigenvalue weighted by Gasteiger charge is 2.04. The lowest BCUT2D eigenvalue weighted by Crippen LogP contribution is -2.21. The zero-order valence-corrected chi connectivity index (χ0v) is 3.76. The van der Waals surface area contributed by atoms with Crippen molar-refractivity contribution in [3.05, 3.63) is 12.4 Å². The zero-order valence-electron chi connectivity index (χ0n) is 3.76. The minimum Gasteiger partial charge on any atom is -0.369 e. The molecule has 0 aromatic heterocycles. The summed E-state index contributed by atoms with van der Waals surface area (Å²) in [5, 5.41) is 11.1. The molecule has 1 heterocycles. The van der Waals surface area contributed by atoms with Crippen molar-refractivity contribution in [2.45, 2.75) is 6.23 Å². The lowest BCUT2D eigenvalue weighted by molar-refractivity contribution is 0.228. The Labute approximate surface area is 41.4 Å². The number of hydrogen-bond acceptors (Lipinski definition) is 3. The Hall–Kier alpha value is -0.830. The predicted molar refractivity (Wildman–Crippen MR) is 26.8 cm³/mol. The minimum absolute atomic E-state index is 0.521. The SMILES string of the molecule is C=C1N=CC(O)N1. The molecule has 1 aliphatic heterocycles. The molecule has 1 unspecified atom stereocenters. The molecule has 0 amide bonds. The summed E-state index contributed by atoms with van der Waals surface area (Å²) in [7, 11) is 0. The molecule has 38 valence electrons. The van der Waals surface area contributed by atoms with E-state index in [9.17, 15) is 0 Å². The van der Waals surface area contributed by atoms with Crippen LogP contribution in [0, 0.1) is 0 Å². The van der Waals surface area contributed by atoms with Gasteiger partial charge in [0.25, 0.3) is 0 Å². The molecule has 2 N–H and O–H groups in total. The van der Waals surface area contributed by atoms with E-state index in [4.69, 9.17) is 5.11 Å². The Balaban J connectivity index is 2.58. The fourth-order valence-electron chi connectivity index (χ4n) is 0.406. The van der Waals surface area contributed by atoms with Crippen molar-refractivity contribution in [3.8, 4) is 0 Å². The molecule has 0 spiro atoms. The maximum Gasteiger partial charge on any atom is 0.162 e. The first-order valence-corrected chi connectivity index (χ1v) is 1.97. The summed E-state index contributed by atoms with van der Waals surface area (Å²) in [5.41, 5.74) is 0. The van der Waals surface area contributed by atoms with E-state index in [1.807, 2.05) is 0 Å². The number of nitrogens with zero attached hydrogens (tertiary/aromatic N) is 1. The summed E-state index contributed by atoms with van der Waals surface area (Å²) in [4.78, 5) is 3.64. The molecule has 0 radical (unpaired) electrons. The molecule has 0 aromatic carbocycles. The van der Waals surface area contributed by atoms with Crippen LogP contribution in [0.3, 0.4) is 0 Å². The lowest BCUT2D eigenvalue weighted by atomic mass is 10.7. The van der Waals surface area contributed by atoms with Gasteiger partial charge in [-0.15, -0.1) is 0 Å². The lowest BCUT2D eigenvalue weighted by Gasteiger charge is -1.95. The highest BCUT2D eigenvalue weighted by molar-refractivity contribution is 5.66. The minimum atomic E-state index is -0.618. The molecule has 1 atom stereocenters. The molecule has 3 heteroatoms. The third-order valence-corrected chi connectivity index (χ3v) is 0.686. The largest absolute Gasteiger partial charge is 0.369 e. The van der Waals surface area contributed by atoms with Crippen LogP contribution in [0.5, 0.6) is 0 Å². The van der Waals surface area contributed by atoms with Crippen LogP contribution in [0.4, 0.5) is 0 Å². The van der Waals surface area contributed by atoms with Gasteiger partial charge < -0.3 is 10.4 Å². The van der Waals surface area contributed by atoms with Gasteiger partial charge in [-0.1, -0.05) is 6.58 Å². The summed E-state index contributed by atoms with van der Waals surface area (Å²) < 4.78 is 0. The van der Waals surface area contributed by atoms with E-state index in [1.165, 1.54) is 6.21 Å². The van der Waals surface area contributed by atoms with E-state index >= 15 is 0 Å². The average Bonchev–Trinajstić information content (AvgIpc) is 1.87. The second-order valence-corrected chi connectivity index (χ2v) is 1.31. The standard InChI is InChI=1S/C4H6N2O/c1-3-5-2-4(7)6-3/h2,4,6-7H,1H2. The molecule has 3 nitrogen and oxygen atoms in total. The molecule has 0 bridgehead atoms. The van der Waals surface area contributed by atoms with Crippen molar-refractivity contribution < 1.29 is 5.11 Å². The topological polar surface area (TPSA) is 44.6 Å². The van der Waals surface area contributed by atoms with Gasteiger partial charge in [0.1, 0.15) is 5.82 Å². The van der Waals surface area contributed by atoms with Crippen molar-refractivity contribution in [3.63, 3.8) is 0 Å². The first-order valence-electron chi connectivity index (χ1n) is 1.97. The van der Waals surface area contributed by atoms with Crippen LogP contribution in [-0.4, -0.2) is 17.5 Å². The summed E-state index contributed by atoms with van der Waals surface area (Å²) in [6, 6.07) is 0. The highest BCUT2D eigenvalue weighted by Crippen LogP contribution is 1.93. The predicted octanol–water partition coefficient (Wildman–Crippen LogP) is -0.550. The van der Waals surface area contributed by atoms with Gasteiger partial charge >= 0.3 is 0 Å². The van der Waals surface area contributed by atoms with Crippen LogP contribution in [0.15, 0.2) is 17.4 Å². The summed E-state index contributed by atoms with van der Waals surface area (Å²) >= 11 is 0. The maximum atomic E-state index is 8.58. The van der Waals surface area contributed by atoms with Crippen molar-refractivity contribution in [1.29, 1.82) is 0 Å². The van der Waals surface area contributed by atoms with Gasteiger partial charge in [0.15, 0.2) is 6.23 Å². The molecule has 0 saturated heterocycles. The van der Waals surface area contributed by atoms with Crippen LogP contribution < -0.4 is 5.32 Å². The monoisotopic (exact) mass is 98.0 g/mol. The second kappa shape index (κ2) is 1.35. The first kappa shape index (κ1) is 4.33. The zero-order chi connectivity index (χ0) is 5.28. The second-order valence-electron chi connectivity index (χ2n) is 1.31. The van der Waals surface area contributed by atoms with Gasteiger partial charge in [-0.3, -0.25) is 0 Å². The number of nitrogens with one attached hydrogen (secondary N) is 1. The van der Waals surface area contributed by atoms with Crippen molar-refractivity contribution in [2.75, 3.05) is 0 Å². The third kappa shape index (κ3) is 0.778. The van der Waals surface area contributed by atoms with Gasteiger partial charge in [-0.2, -0.15) is 0 Å². The number of aliphatic hydroxyl groups is 1. The Morgan fingerprint density at radius 2 is 2.71 bits per heavy atom. The van der Waals surface area contributed by atoms with E-state index in [-0.39, 0.29) is 0 Å². The fourth-order valence-corrected chi connectivity index (χ4v) is 0.406. The normalized spacial score (nSPS) is 28.1. The molecule has 0 aliphatic carbocycles. The number of aliphatic imine (C=N–C) groups is 1. The Kier molecular flexibility index (Phi) is 0.834. The Morgan fingerprint density at radius 3 is 2.86 bits per heavy atom. The number of rotatable bonds is 0. The van der Waals surface area contributed by atoms with Crippen LogP contribution in [0.25, 0.3) is 0 Å². The Morgan fingerprint density at radius 1 is 2.00 bits per heavy atom. The quantitative estimate of drug-likeness (QED) is 0.427. The highest BCUT2D eigenvalue weighted by atomic mass is 16.3. The smallest absolute Gasteiger partial charge is 0.162 e. The van der Waals surface area contributed by atoms with Crippen LogP contribution in [0.1, 0.15) is 0 Å². The van der Waals surface area contributed by atoms with Gasteiger partial charge in [0.2, 0.25) is 0 Å². The average molecular weight is 98.1 g/mol. The van der Waals surface area contributed by atoms with Gasteiger partial charge in [-0.05, 0) is 0 Å². The molecule has 7 heavy (non-hydrogen) atoms. The van der Waals surface area contributed by atoms with Gasteiger partial charge in [-0.25, -0.2) is 4.99 Å². The molecular weight excluding hydrogens is 92.1 g/mol. The van der Waals surface area contributed by atoms with E-state index in [2.05, 4.69) is 16.9 Å². The maximum absolute atomic E-state index is 8.58. The van der Waals surface area contributed by atoms with Crippen LogP contribution in [0.2, 0.25) is 0 Å². The molecule has 0 saturated carbocycles. The van der Waals surface area contributed by atoms with E-state index < -0.39 is 6.23 Å². The molecular formula is C4H6N2O. The molecule has 1 aliphatic rings. The van der Waals surface area contributed by atoms with E-state index in [0.29, 0.717) is 5.82 Å². The third-order valence-electron chi connectivity index (χ3n) is 0.686. The van der Waals surface area contributed by atoms with Gasteiger partial charge in [0.05, 0.1) is 6.21 Å². The van der Waals surface area contributed by atoms with Crippen molar-refractivity contribution in [2.24, 2.45) is 4.99 Å². The number of hydrogen-bond donors (Lipinski definition) is 2. The summed E-state index contributed by atoms with van der Waals surface area (Å²) in [5.74, 6) is 0.521. The van der Waals surface area contributed by atoms with Crippen LogP contribution >= 0.6 is 0 Å². The first-order chi connectivity index (χ1) is 3.29.